The Kier molecular flexibility index (Phi) is 5.17. The summed E-state index contributed by atoms with van der Waals surface area (Å²) in [5.74, 6) is 1.84. The predicted molar refractivity (Wildman–Crippen MR) is 80.7 cm³/mol. The molecular formula is C14H23N3S. The standard InChI is InChI=1S/C14H23N3S/c1-2-9-15-14(18)17-16-13-8-7-11-5-3-4-6-12(11)10-13/h2,11-12H,1,3-10H2,(H2,15,17,18)/b16-13-/t11-,12-/m1/s1. The van der Waals surface area contributed by atoms with Crippen LogP contribution in [0, 0.1) is 11.8 Å². The first-order chi connectivity index (χ1) is 8.79. The lowest BCUT2D eigenvalue weighted by atomic mass is 9.70. The number of rotatable bonds is 3. The van der Waals surface area contributed by atoms with Gasteiger partial charge in [0.2, 0.25) is 0 Å². The molecule has 0 aromatic rings. The molecule has 2 saturated carbocycles. The van der Waals surface area contributed by atoms with Gasteiger partial charge in [-0.3, -0.25) is 5.43 Å². The van der Waals surface area contributed by atoms with E-state index in [0.29, 0.717) is 11.7 Å². The van der Waals surface area contributed by atoms with Crippen molar-refractivity contribution in [2.24, 2.45) is 16.9 Å². The van der Waals surface area contributed by atoms with Crippen molar-refractivity contribution in [1.82, 2.24) is 10.7 Å². The number of nitrogens with zero attached hydrogens (tertiary/aromatic N) is 1. The van der Waals surface area contributed by atoms with Crippen LogP contribution in [-0.4, -0.2) is 17.4 Å². The van der Waals surface area contributed by atoms with Gasteiger partial charge in [0, 0.05) is 12.3 Å². The number of nitrogens with one attached hydrogen (secondary N) is 2. The average Bonchev–Trinajstić information content (AvgIpc) is 2.42. The predicted octanol–water partition coefficient (Wildman–Crippen LogP) is 2.98. The van der Waals surface area contributed by atoms with E-state index < -0.39 is 0 Å². The van der Waals surface area contributed by atoms with E-state index in [2.05, 4.69) is 22.4 Å². The molecule has 0 bridgehead atoms. The van der Waals surface area contributed by atoms with Gasteiger partial charge >= 0.3 is 0 Å². The van der Waals surface area contributed by atoms with E-state index in [9.17, 15) is 0 Å². The summed E-state index contributed by atoms with van der Waals surface area (Å²) in [4.78, 5) is 0. The van der Waals surface area contributed by atoms with Crippen LogP contribution in [0.4, 0.5) is 0 Å². The Morgan fingerprint density at radius 2 is 2.11 bits per heavy atom. The van der Waals surface area contributed by atoms with Crippen molar-refractivity contribution >= 4 is 23.0 Å². The molecule has 0 aliphatic heterocycles. The van der Waals surface area contributed by atoms with Crippen LogP contribution in [0.1, 0.15) is 44.9 Å². The first-order valence-corrected chi connectivity index (χ1v) is 7.40. The summed E-state index contributed by atoms with van der Waals surface area (Å²) < 4.78 is 0. The smallest absolute Gasteiger partial charge is 0.187 e. The molecule has 0 saturated heterocycles. The summed E-state index contributed by atoms with van der Waals surface area (Å²) in [6.07, 6.45) is 11.1. The maximum Gasteiger partial charge on any atom is 0.187 e. The zero-order valence-electron chi connectivity index (χ0n) is 11.0. The molecule has 0 radical (unpaired) electrons. The first kappa shape index (κ1) is 13.5. The SMILES string of the molecule is C=CCNC(=S)N/N=C1/CC[C@H]2CCCC[C@@H]2C1. The quantitative estimate of drug-likeness (QED) is 0.468. The van der Waals surface area contributed by atoms with Crippen molar-refractivity contribution in [3.05, 3.63) is 12.7 Å². The molecule has 2 aliphatic carbocycles. The monoisotopic (exact) mass is 265 g/mol. The largest absolute Gasteiger partial charge is 0.358 e. The van der Waals surface area contributed by atoms with Crippen molar-refractivity contribution in [3.8, 4) is 0 Å². The molecule has 2 atom stereocenters. The number of fused-ring (bicyclic) bond motifs is 1. The third-order valence-electron chi connectivity index (χ3n) is 4.09. The number of hydrogen-bond donors (Lipinski definition) is 2. The Labute approximate surface area is 115 Å². The molecule has 0 aromatic heterocycles. The third-order valence-corrected chi connectivity index (χ3v) is 4.33. The Bertz CT molecular complexity index is 338. The van der Waals surface area contributed by atoms with E-state index >= 15 is 0 Å². The Morgan fingerprint density at radius 1 is 1.33 bits per heavy atom. The minimum atomic E-state index is 0.591. The van der Waals surface area contributed by atoms with E-state index in [1.165, 1.54) is 44.2 Å². The molecule has 0 amide bonds. The van der Waals surface area contributed by atoms with Crippen LogP contribution in [0.25, 0.3) is 0 Å². The van der Waals surface area contributed by atoms with Crippen LogP contribution in [0.2, 0.25) is 0 Å². The van der Waals surface area contributed by atoms with Crippen molar-refractivity contribution < 1.29 is 0 Å². The summed E-state index contributed by atoms with van der Waals surface area (Å²) in [7, 11) is 0. The molecular weight excluding hydrogens is 242 g/mol. The highest BCUT2D eigenvalue weighted by molar-refractivity contribution is 7.80. The van der Waals surface area contributed by atoms with Gasteiger partial charge in [-0.2, -0.15) is 5.10 Å². The van der Waals surface area contributed by atoms with Gasteiger partial charge in [0.05, 0.1) is 0 Å². The molecule has 0 aromatic carbocycles. The van der Waals surface area contributed by atoms with Crippen molar-refractivity contribution in [2.75, 3.05) is 6.54 Å². The highest BCUT2D eigenvalue weighted by Gasteiger charge is 2.30. The fourth-order valence-electron chi connectivity index (χ4n) is 3.13. The second-order valence-corrected chi connectivity index (χ2v) is 5.74. The van der Waals surface area contributed by atoms with Crippen LogP contribution in [0.15, 0.2) is 17.8 Å². The maximum atomic E-state index is 5.13. The second kappa shape index (κ2) is 6.88. The summed E-state index contributed by atoms with van der Waals surface area (Å²) in [5, 5.41) is 8.07. The van der Waals surface area contributed by atoms with Crippen LogP contribution in [0.3, 0.4) is 0 Å². The fraction of sp³-hybridized carbons (Fsp3) is 0.714. The second-order valence-electron chi connectivity index (χ2n) is 5.34. The lowest BCUT2D eigenvalue weighted by Gasteiger charge is -2.35. The van der Waals surface area contributed by atoms with E-state index in [-0.39, 0.29) is 0 Å². The molecule has 100 valence electrons. The van der Waals surface area contributed by atoms with E-state index in [1.807, 2.05) is 0 Å². The van der Waals surface area contributed by atoms with E-state index in [4.69, 9.17) is 12.2 Å². The Hall–Kier alpha value is -0.900. The number of thiocarbonyl (C=S) groups is 1. The average molecular weight is 265 g/mol. The number of hydrogen-bond acceptors (Lipinski definition) is 2. The third kappa shape index (κ3) is 3.80. The zero-order valence-corrected chi connectivity index (χ0v) is 11.8. The van der Waals surface area contributed by atoms with Gasteiger partial charge in [0.15, 0.2) is 5.11 Å². The van der Waals surface area contributed by atoms with Crippen LogP contribution in [0.5, 0.6) is 0 Å². The van der Waals surface area contributed by atoms with E-state index in [0.717, 1.165) is 18.3 Å². The molecule has 2 aliphatic rings. The van der Waals surface area contributed by atoms with Crippen LogP contribution < -0.4 is 10.7 Å². The van der Waals surface area contributed by atoms with Gasteiger partial charge in [-0.25, -0.2) is 0 Å². The number of hydrazone groups is 1. The highest BCUT2D eigenvalue weighted by atomic mass is 32.1. The van der Waals surface area contributed by atoms with Gasteiger partial charge in [0.25, 0.3) is 0 Å². The highest BCUT2D eigenvalue weighted by Crippen LogP contribution is 2.39. The van der Waals surface area contributed by atoms with Gasteiger partial charge in [-0.1, -0.05) is 25.3 Å². The fourth-order valence-corrected chi connectivity index (χ4v) is 3.25. The molecule has 0 heterocycles. The molecule has 2 fully saturated rings. The van der Waals surface area contributed by atoms with Crippen LogP contribution >= 0.6 is 12.2 Å². The molecule has 0 unspecified atom stereocenters. The summed E-state index contributed by atoms with van der Waals surface area (Å²) >= 11 is 5.13. The Morgan fingerprint density at radius 3 is 2.89 bits per heavy atom. The van der Waals surface area contributed by atoms with Crippen LogP contribution in [-0.2, 0) is 0 Å². The molecule has 2 N–H and O–H groups in total. The summed E-state index contributed by atoms with van der Waals surface area (Å²) in [6, 6.07) is 0. The normalized spacial score (nSPS) is 29.4. The van der Waals surface area contributed by atoms with Crippen molar-refractivity contribution in [3.63, 3.8) is 0 Å². The summed E-state index contributed by atoms with van der Waals surface area (Å²) in [5.41, 5.74) is 4.24. The van der Waals surface area contributed by atoms with Crippen molar-refractivity contribution in [2.45, 2.75) is 44.9 Å². The van der Waals surface area contributed by atoms with E-state index in [1.54, 1.807) is 6.08 Å². The van der Waals surface area contributed by atoms with Gasteiger partial charge in [-0.15, -0.1) is 6.58 Å². The minimum Gasteiger partial charge on any atom is -0.358 e. The molecule has 4 heteroatoms. The lowest BCUT2D eigenvalue weighted by Crippen LogP contribution is -2.34. The first-order valence-electron chi connectivity index (χ1n) is 6.99. The van der Waals surface area contributed by atoms with Gasteiger partial charge < -0.3 is 5.32 Å². The summed E-state index contributed by atoms with van der Waals surface area (Å²) in [6.45, 7) is 4.32. The molecule has 3 nitrogen and oxygen atoms in total. The van der Waals surface area contributed by atoms with Crippen molar-refractivity contribution in [1.29, 1.82) is 0 Å². The van der Waals surface area contributed by atoms with Gasteiger partial charge in [0.1, 0.15) is 0 Å². The zero-order chi connectivity index (χ0) is 12.8. The Balaban J connectivity index is 1.79. The minimum absolute atomic E-state index is 0.591. The maximum absolute atomic E-state index is 5.13. The molecule has 2 rings (SSSR count). The topological polar surface area (TPSA) is 36.4 Å². The lowest BCUT2D eigenvalue weighted by molar-refractivity contribution is 0.218. The molecule has 0 spiro atoms. The van der Waals surface area contributed by atoms with Gasteiger partial charge in [-0.05, 0) is 49.7 Å². The molecule has 18 heavy (non-hydrogen) atoms.